The monoisotopic (exact) mass is 329 g/mol. The van der Waals surface area contributed by atoms with Crippen LogP contribution in [0.1, 0.15) is 43.4 Å². The van der Waals surface area contributed by atoms with Gasteiger partial charge in [0.2, 0.25) is 0 Å². The van der Waals surface area contributed by atoms with E-state index in [1.807, 2.05) is 6.07 Å². The van der Waals surface area contributed by atoms with Crippen LogP contribution in [0.15, 0.2) is 59.1 Å². The molecule has 0 saturated carbocycles. The van der Waals surface area contributed by atoms with E-state index in [1.165, 1.54) is 16.7 Å². The minimum atomic E-state index is 0.522. The topological polar surface area (TPSA) is 26.0 Å². The number of nitrogens with zero attached hydrogens (tertiary/aromatic N) is 1. The van der Waals surface area contributed by atoms with Gasteiger partial charge in [-0.05, 0) is 41.2 Å². The van der Waals surface area contributed by atoms with Crippen molar-refractivity contribution in [1.29, 1.82) is 0 Å². The number of hydrogen-bond acceptors (Lipinski definition) is 2. The highest BCUT2D eigenvalue weighted by atomic mass is 16.5. The van der Waals surface area contributed by atoms with Gasteiger partial charge in [-0.3, -0.25) is 0 Å². The van der Waals surface area contributed by atoms with Crippen molar-refractivity contribution in [2.75, 3.05) is 0 Å². The van der Waals surface area contributed by atoms with Crippen molar-refractivity contribution in [3.05, 3.63) is 71.3 Å². The van der Waals surface area contributed by atoms with Crippen molar-refractivity contribution in [3.63, 3.8) is 0 Å². The molecule has 1 atom stereocenters. The third kappa shape index (κ3) is 2.93. The molecule has 2 nitrogen and oxygen atoms in total. The number of aromatic nitrogens is 1. The first-order valence-electron chi connectivity index (χ1n) is 9.04. The lowest BCUT2D eigenvalue weighted by molar-refractivity contribution is 0.435. The van der Waals surface area contributed by atoms with E-state index < -0.39 is 0 Å². The van der Waals surface area contributed by atoms with E-state index in [2.05, 4.69) is 80.5 Å². The summed E-state index contributed by atoms with van der Waals surface area (Å²) in [5.74, 6) is 1.96. The van der Waals surface area contributed by atoms with Gasteiger partial charge in [0.25, 0.3) is 0 Å². The lowest BCUT2D eigenvalue weighted by Gasteiger charge is -2.15. The van der Waals surface area contributed by atoms with E-state index in [0.717, 1.165) is 29.0 Å². The summed E-state index contributed by atoms with van der Waals surface area (Å²) in [6.07, 6.45) is 5.56. The van der Waals surface area contributed by atoms with Gasteiger partial charge in [-0.15, -0.1) is 0 Å². The zero-order valence-corrected chi connectivity index (χ0v) is 15.0. The van der Waals surface area contributed by atoms with E-state index in [-0.39, 0.29) is 0 Å². The normalized spacial score (nSPS) is 15.8. The number of hydrogen-bond donors (Lipinski definition) is 0. The summed E-state index contributed by atoms with van der Waals surface area (Å²) < 4.78 is 5.62. The Morgan fingerprint density at radius 1 is 1.04 bits per heavy atom. The summed E-state index contributed by atoms with van der Waals surface area (Å²) in [6.45, 7) is 6.70. The fourth-order valence-corrected chi connectivity index (χ4v) is 3.57. The molecule has 0 amide bonds. The van der Waals surface area contributed by atoms with Gasteiger partial charge in [0, 0.05) is 23.1 Å². The van der Waals surface area contributed by atoms with Gasteiger partial charge >= 0.3 is 0 Å². The predicted octanol–water partition coefficient (Wildman–Crippen LogP) is 6.34. The fraction of sp³-hybridized carbons (Fsp3) is 0.261. The highest BCUT2D eigenvalue weighted by Crippen LogP contribution is 2.37. The number of aryl methyl sites for hydroxylation is 1. The summed E-state index contributed by atoms with van der Waals surface area (Å²) in [5.41, 5.74) is 7.10. The molecule has 1 aliphatic carbocycles. The fourth-order valence-electron chi connectivity index (χ4n) is 3.57. The van der Waals surface area contributed by atoms with Crippen molar-refractivity contribution in [3.8, 4) is 22.6 Å². The maximum Gasteiger partial charge on any atom is 0.167 e. The largest absolute Gasteiger partial charge is 0.356 e. The number of fused-ring (bicyclic) bond motifs is 1. The molecule has 2 heteroatoms. The van der Waals surface area contributed by atoms with E-state index in [0.29, 0.717) is 11.8 Å². The predicted molar refractivity (Wildman–Crippen MR) is 103 cm³/mol. The Balaban J connectivity index is 1.66. The Bertz CT molecular complexity index is 933. The zero-order chi connectivity index (χ0) is 17.4. The van der Waals surface area contributed by atoms with Gasteiger partial charge in [0.15, 0.2) is 5.76 Å². The molecule has 1 heterocycles. The van der Waals surface area contributed by atoms with Crippen LogP contribution in [0.5, 0.6) is 0 Å². The van der Waals surface area contributed by atoms with Crippen molar-refractivity contribution >= 4 is 6.08 Å². The minimum Gasteiger partial charge on any atom is -0.356 e. The Kier molecular flexibility index (Phi) is 4.04. The standard InChI is InChI=1S/C23H23NO/c1-4-16-6-5-7-19(12-16)23-14-22(24-25-23)18-9-11-21-17(13-18)8-10-20(21)15(2)3/h5-15,20H,4H2,1-3H3. The Morgan fingerprint density at radius 2 is 1.92 bits per heavy atom. The van der Waals surface area contributed by atoms with Crippen molar-refractivity contribution in [2.45, 2.75) is 33.1 Å². The third-order valence-corrected chi connectivity index (χ3v) is 5.07. The first kappa shape index (κ1) is 15.9. The van der Waals surface area contributed by atoms with Crippen LogP contribution in [0, 0.1) is 5.92 Å². The third-order valence-electron chi connectivity index (χ3n) is 5.07. The van der Waals surface area contributed by atoms with Crippen LogP contribution in [0.25, 0.3) is 28.7 Å². The Hall–Kier alpha value is -2.61. The second-order valence-corrected chi connectivity index (χ2v) is 7.10. The second-order valence-electron chi connectivity index (χ2n) is 7.10. The van der Waals surface area contributed by atoms with Crippen LogP contribution in [0.3, 0.4) is 0 Å². The summed E-state index contributed by atoms with van der Waals surface area (Å²) >= 11 is 0. The van der Waals surface area contributed by atoms with Gasteiger partial charge in [0.05, 0.1) is 0 Å². The van der Waals surface area contributed by atoms with Crippen LogP contribution in [0.2, 0.25) is 0 Å². The SMILES string of the molecule is CCc1cccc(-c2cc(-c3ccc4c(c3)C=CC4C(C)C)no2)c1. The smallest absolute Gasteiger partial charge is 0.167 e. The van der Waals surface area contributed by atoms with E-state index >= 15 is 0 Å². The van der Waals surface area contributed by atoms with Crippen molar-refractivity contribution in [2.24, 2.45) is 5.92 Å². The van der Waals surface area contributed by atoms with Crippen LogP contribution < -0.4 is 0 Å². The van der Waals surface area contributed by atoms with Gasteiger partial charge < -0.3 is 4.52 Å². The molecule has 0 spiro atoms. The van der Waals surface area contributed by atoms with E-state index in [1.54, 1.807) is 0 Å². The molecule has 2 aromatic carbocycles. The van der Waals surface area contributed by atoms with Crippen molar-refractivity contribution in [1.82, 2.24) is 5.16 Å². The molecule has 0 N–H and O–H groups in total. The lowest BCUT2D eigenvalue weighted by Crippen LogP contribution is -2.01. The molecule has 126 valence electrons. The molecule has 1 unspecified atom stereocenters. The first-order chi connectivity index (χ1) is 12.2. The number of rotatable bonds is 4. The molecule has 0 fully saturated rings. The van der Waals surface area contributed by atoms with Gasteiger partial charge in [-0.25, -0.2) is 0 Å². The van der Waals surface area contributed by atoms with Crippen LogP contribution in [-0.4, -0.2) is 5.16 Å². The number of benzene rings is 2. The minimum absolute atomic E-state index is 0.522. The molecular weight excluding hydrogens is 306 g/mol. The highest BCUT2D eigenvalue weighted by Gasteiger charge is 2.21. The highest BCUT2D eigenvalue weighted by molar-refractivity contribution is 5.72. The average molecular weight is 329 g/mol. The summed E-state index contributed by atoms with van der Waals surface area (Å²) in [6, 6.07) is 17.1. The van der Waals surface area contributed by atoms with Gasteiger partial charge in [-0.2, -0.15) is 0 Å². The van der Waals surface area contributed by atoms with Crippen molar-refractivity contribution < 1.29 is 4.52 Å². The molecule has 0 radical (unpaired) electrons. The molecule has 1 aliphatic rings. The molecule has 0 saturated heterocycles. The first-order valence-corrected chi connectivity index (χ1v) is 9.04. The van der Waals surface area contributed by atoms with Gasteiger partial charge in [0.1, 0.15) is 5.69 Å². The van der Waals surface area contributed by atoms with E-state index in [4.69, 9.17) is 4.52 Å². The lowest BCUT2D eigenvalue weighted by atomic mass is 9.89. The molecular formula is C23H23NO. The Morgan fingerprint density at radius 3 is 2.72 bits per heavy atom. The maximum atomic E-state index is 5.62. The van der Waals surface area contributed by atoms with Gasteiger partial charge in [-0.1, -0.05) is 68.4 Å². The van der Waals surface area contributed by atoms with Crippen LogP contribution >= 0.6 is 0 Å². The molecule has 3 aromatic rings. The van der Waals surface area contributed by atoms with Crippen LogP contribution in [0.4, 0.5) is 0 Å². The summed E-state index contributed by atoms with van der Waals surface area (Å²) in [7, 11) is 0. The average Bonchev–Trinajstić information content (AvgIpc) is 3.28. The quantitative estimate of drug-likeness (QED) is 0.558. The number of allylic oxidation sites excluding steroid dienone is 1. The molecule has 4 rings (SSSR count). The molecule has 25 heavy (non-hydrogen) atoms. The molecule has 0 bridgehead atoms. The van der Waals surface area contributed by atoms with E-state index in [9.17, 15) is 0 Å². The van der Waals surface area contributed by atoms with Crippen LogP contribution in [-0.2, 0) is 6.42 Å². The second kappa shape index (κ2) is 6.36. The molecule has 0 aliphatic heterocycles. The maximum absolute atomic E-state index is 5.62. The summed E-state index contributed by atoms with van der Waals surface area (Å²) in [5, 5.41) is 4.30. The Labute approximate surface area is 149 Å². The summed E-state index contributed by atoms with van der Waals surface area (Å²) in [4.78, 5) is 0. The molecule has 1 aromatic heterocycles. The zero-order valence-electron chi connectivity index (χ0n) is 15.0.